The molecule has 1 amide bonds. The van der Waals surface area contributed by atoms with Crippen molar-refractivity contribution in [3.05, 3.63) is 113 Å². The van der Waals surface area contributed by atoms with Crippen molar-refractivity contribution in [1.82, 2.24) is 20.5 Å². The molecule has 8 nitrogen and oxygen atoms in total. The summed E-state index contributed by atoms with van der Waals surface area (Å²) in [5.74, 6) is 0.667. The highest BCUT2D eigenvalue weighted by Gasteiger charge is 2.42. The number of hydrogen-bond acceptors (Lipinski definition) is 7. The minimum absolute atomic E-state index is 0.0116. The van der Waals surface area contributed by atoms with Gasteiger partial charge >= 0.3 is 0 Å². The van der Waals surface area contributed by atoms with Gasteiger partial charge in [0.25, 0.3) is 0 Å². The number of hydrogen-bond donors (Lipinski definition) is 3. The number of rotatable bonds is 23. The van der Waals surface area contributed by atoms with Gasteiger partial charge in [-0.05, 0) is 28.7 Å². The van der Waals surface area contributed by atoms with E-state index >= 15 is 0 Å². The Balaban J connectivity index is 1.12. The molecule has 1 fully saturated rings. The van der Waals surface area contributed by atoms with E-state index in [0.717, 1.165) is 45.8 Å². The van der Waals surface area contributed by atoms with Crippen molar-refractivity contribution in [2.75, 3.05) is 5.75 Å². The highest BCUT2D eigenvalue weighted by molar-refractivity contribution is 7.99. The van der Waals surface area contributed by atoms with Crippen molar-refractivity contribution in [3.8, 4) is 0 Å². The molecule has 4 unspecified atom stereocenters. The fraction of sp³-hybridized carbons (Fsp3) is 0.512. The van der Waals surface area contributed by atoms with Gasteiger partial charge in [0.05, 0.1) is 18.8 Å². The number of nitrogens with zero attached hydrogens (tertiary/aromatic N) is 2. The Labute approximate surface area is 314 Å². The lowest BCUT2D eigenvalue weighted by atomic mass is 9.84. The summed E-state index contributed by atoms with van der Waals surface area (Å²) in [4.78, 5) is 16.9. The van der Waals surface area contributed by atoms with E-state index in [1.54, 1.807) is 11.8 Å². The van der Waals surface area contributed by atoms with Gasteiger partial charge in [-0.25, -0.2) is 4.98 Å². The van der Waals surface area contributed by atoms with Crippen LogP contribution in [-0.4, -0.2) is 38.1 Å². The van der Waals surface area contributed by atoms with Gasteiger partial charge in [0.1, 0.15) is 6.33 Å². The maximum Gasteiger partial charge on any atom is 0.220 e. The predicted octanol–water partition coefficient (Wildman–Crippen LogP) is 10.1. The van der Waals surface area contributed by atoms with Crippen LogP contribution in [0.2, 0.25) is 0 Å². The standard InChI is InChI=1S/C43H58N4O4S/c1-2-3-4-5-6-7-8-9-10-11-12-13-17-20-39(49)44-29-33-21-27-37(28-22-33)42-50-38(31-52-43-45-32-46-47-43)40(35-18-15-14-16-19-35)41(51-42)36-25-23-34(30-48)24-26-36/h14-16,18-19,21-28,32,38,40-42,48H,2-13,17,20,29-31H2,1H3,(H,44,49)(H,45,46,47). The highest BCUT2D eigenvalue weighted by Crippen LogP contribution is 2.47. The average Bonchev–Trinajstić information content (AvgIpc) is 3.72. The number of ether oxygens (including phenoxy) is 2. The van der Waals surface area contributed by atoms with Gasteiger partial charge in [-0.3, -0.25) is 9.89 Å². The maximum absolute atomic E-state index is 12.6. The number of H-pyrrole nitrogens is 1. The first-order valence-electron chi connectivity index (χ1n) is 19.5. The van der Waals surface area contributed by atoms with Crippen LogP contribution in [0.3, 0.4) is 0 Å². The average molecular weight is 727 g/mol. The molecular formula is C43H58N4O4S. The van der Waals surface area contributed by atoms with E-state index in [0.29, 0.717) is 18.7 Å². The minimum atomic E-state index is -0.595. The molecule has 1 saturated heterocycles. The molecule has 5 rings (SSSR count). The van der Waals surface area contributed by atoms with E-state index in [2.05, 4.69) is 39.6 Å². The third-order valence-corrected chi connectivity index (χ3v) is 11.0. The molecule has 1 aliphatic rings. The van der Waals surface area contributed by atoms with Gasteiger partial charge in [-0.1, -0.05) is 175 Å². The summed E-state index contributed by atoms with van der Waals surface area (Å²) < 4.78 is 13.6. The molecule has 52 heavy (non-hydrogen) atoms. The quantitative estimate of drug-likeness (QED) is 0.0516. The molecule has 4 atom stereocenters. The van der Waals surface area contributed by atoms with Crippen LogP contribution in [0.1, 0.15) is 143 Å². The van der Waals surface area contributed by atoms with Crippen LogP contribution < -0.4 is 5.32 Å². The number of carbonyl (C=O) groups excluding carboxylic acids is 1. The second kappa shape index (κ2) is 22.5. The SMILES string of the molecule is CCCCCCCCCCCCCCCC(=O)NCc1ccc(C2OC(CSc3ncn[nH]3)C(c3ccccc3)C(c3ccc(CO)cc3)O2)cc1. The maximum atomic E-state index is 12.6. The summed E-state index contributed by atoms with van der Waals surface area (Å²) in [6, 6.07) is 26.5. The molecule has 9 heteroatoms. The van der Waals surface area contributed by atoms with Crippen molar-refractivity contribution in [3.63, 3.8) is 0 Å². The summed E-state index contributed by atoms with van der Waals surface area (Å²) in [6.45, 7) is 2.76. The smallest absolute Gasteiger partial charge is 0.220 e. The molecule has 280 valence electrons. The lowest BCUT2D eigenvalue weighted by molar-refractivity contribution is -0.255. The van der Waals surface area contributed by atoms with Crippen LogP contribution in [0.4, 0.5) is 0 Å². The Morgan fingerprint density at radius 3 is 1.98 bits per heavy atom. The third kappa shape index (κ3) is 12.9. The summed E-state index contributed by atoms with van der Waals surface area (Å²) in [7, 11) is 0. The molecular weight excluding hydrogens is 669 g/mol. The Bertz CT molecular complexity index is 1540. The number of benzene rings is 3. The van der Waals surface area contributed by atoms with Crippen LogP contribution in [-0.2, 0) is 27.4 Å². The van der Waals surface area contributed by atoms with E-state index in [9.17, 15) is 9.90 Å². The summed E-state index contributed by atoms with van der Waals surface area (Å²) in [5, 5.41) is 20.5. The van der Waals surface area contributed by atoms with Gasteiger partial charge < -0.3 is 19.9 Å². The zero-order valence-corrected chi connectivity index (χ0v) is 31.7. The van der Waals surface area contributed by atoms with Gasteiger partial charge in [0.2, 0.25) is 5.91 Å². The fourth-order valence-corrected chi connectivity index (χ4v) is 7.81. The molecule has 1 aromatic heterocycles. The number of carbonyl (C=O) groups is 1. The van der Waals surface area contributed by atoms with Crippen molar-refractivity contribution < 1.29 is 19.4 Å². The Morgan fingerprint density at radius 1 is 0.750 bits per heavy atom. The number of unbranched alkanes of at least 4 members (excludes halogenated alkanes) is 12. The van der Waals surface area contributed by atoms with Crippen LogP contribution in [0.15, 0.2) is 90.3 Å². The Hall–Kier alpha value is -3.50. The van der Waals surface area contributed by atoms with Crippen LogP contribution in [0.5, 0.6) is 0 Å². The molecule has 0 radical (unpaired) electrons. The summed E-state index contributed by atoms with van der Waals surface area (Å²) in [6.07, 6.45) is 17.9. The van der Waals surface area contributed by atoms with Crippen LogP contribution >= 0.6 is 11.8 Å². The van der Waals surface area contributed by atoms with Gasteiger partial charge in [0, 0.05) is 30.2 Å². The zero-order valence-electron chi connectivity index (χ0n) is 30.9. The highest BCUT2D eigenvalue weighted by atomic mass is 32.2. The summed E-state index contributed by atoms with van der Waals surface area (Å²) >= 11 is 1.58. The van der Waals surface area contributed by atoms with Crippen molar-refractivity contribution in [2.24, 2.45) is 0 Å². The van der Waals surface area contributed by atoms with Crippen LogP contribution in [0, 0.1) is 0 Å². The molecule has 0 aliphatic carbocycles. The number of nitrogens with one attached hydrogen (secondary N) is 2. The fourth-order valence-electron chi connectivity index (χ4n) is 6.96. The van der Waals surface area contributed by atoms with E-state index < -0.39 is 6.29 Å². The number of thioether (sulfide) groups is 1. The third-order valence-electron chi connectivity index (χ3n) is 10.00. The van der Waals surface area contributed by atoms with E-state index in [4.69, 9.17) is 9.47 Å². The van der Waals surface area contributed by atoms with Gasteiger partial charge in [0.15, 0.2) is 11.4 Å². The first-order valence-corrected chi connectivity index (χ1v) is 20.5. The normalized spacial score (nSPS) is 18.7. The molecule has 3 N–H and O–H groups in total. The predicted molar refractivity (Wildman–Crippen MR) is 209 cm³/mol. The number of aliphatic hydroxyl groups is 1. The topological polar surface area (TPSA) is 109 Å². The van der Waals surface area contributed by atoms with Crippen molar-refractivity contribution in [2.45, 2.75) is 140 Å². The molecule has 0 bridgehead atoms. The first kappa shape index (κ1) is 39.7. The van der Waals surface area contributed by atoms with E-state index in [1.165, 1.54) is 77.0 Å². The number of aliphatic hydroxyl groups excluding tert-OH is 1. The molecule has 0 saturated carbocycles. The molecule has 2 heterocycles. The molecule has 0 spiro atoms. The van der Waals surface area contributed by atoms with E-state index in [-0.39, 0.29) is 30.6 Å². The second-order valence-electron chi connectivity index (χ2n) is 14.0. The largest absolute Gasteiger partial charge is 0.392 e. The lowest BCUT2D eigenvalue weighted by Gasteiger charge is -2.43. The number of amides is 1. The second-order valence-corrected chi connectivity index (χ2v) is 15.0. The lowest BCUT2D eigenvalue weighted by Crippen LogP contribution is -2.38. The Kier molecular flexibility index (Phi) is 17.2. The monoisotopic (exact) mass is 726 g/mol. The number of aromatic amines is 1. The minimum Gasteiger partial charge on any atom is -0.392 e. The van der Waals surface area contributed by atoms with E-state index in [1.807, 2.05) is 66.7 Å². The first-order chi connectivity index (χ1) is 25.6. The van der Waals surface area contributed by atoms with Crippen molar-refractivity contribution in [1.29, 1.82) is 0 Å². The zero-order chi connectivity index (χ0) is 36.2. The number of aromatic nitrogens is 3. The van der Waals surface area contributed by atoms with Crippen LogP contribution in [0.25, 0.3) is 0 Å². The van der Waals surface area contributed by atoms with Gasteiger partial charge in [-0.2, -0.15) is 5.10 Å². The molecule has 4 aromatic rings. The molecule has 1 aliphatic heterocycles. The Morgan fingerprint density at radius 2 is 1.37 bits per heavy atom. The summed E-state index contributed by atoms with van der Waals surface area (Å²) in [5.41, 5.74) is 4.96. The van der Waals surface area contributed by atoms with Gasteiger partial charge in [-0.15, -0.1) is 0 Å². The van der Waals surface area contributed by atoms with Crippen molar-refractivity contribution >= 4 is 17.7 Å². The molecule has 3 aromatic carbocycles.